The van der Waals surface area contributed by atoms with Crippen LogP contribution in [-0.2, 0) is 0 Å². The first-order valence-corrected chi connectivity index (χ1v) is 4.92. The molecule has 7 heteroatoms. The van der Waals surface area contributed by atoms with Crippen LogP contribution in [0.2, 0.25) is 0 Å². The number of aromatic nitrogens is 1. The van der Waals surface area contributed by atoms with Crippen molar-refractivity contribution in [2.24, 2.45) is 0 Å². The summed E-state index contributed by atoms with van der Waals surface area (Å²) >= 11 is 0. The predicted octanol–water partition coefficient (Wildman–Crippen LogP) is 1.45. The van der Waals surface area contributed by atoms with E-state index in [4.69, 9.17) is 0 Å². The summed E-state index contributed by atoms with van der Waals surface area (Å²) in [4.78, 5) is 25.1. The maximum Gasteiger partial charge on any atom is 0.389 e. The Morgan fingerprint density at radius 2 is 2.12 bits per heavy atom. The molecule has 0 unspecified atom stereocenters. The van der Waals surface area contributed by atoms with Gasteiger partial charge in [0.25, 0.3) is 5.91 Å². The van der Waals surface area contributed by atoms with Gasteiger partial charge in [0, 0.05) is 31.4 Å². The van der Waals surface area contributed by atoms with E-state index in [2.05, 4.69) is 10.3 Å². The molecule has 0 aliphatic carbocycles. The Morgan fingerprint density at radius 1 is 1.41 bits per heavy atom. The van der Waals surface area contributed by atoms with Gasteiger partial charge in [-0.15, -0.1) is 0 Å². The van der Waals surface area contributed by atoms with E-state index in [-0.39, 0.29) is 18.5 Å². The molecular formula is C10H11F3N2O2. The minimum absolute atomic E-state index is 0.112. The van der Waals surface area contributed by atoms with E-state index in [9.17, 15) is 22.8 Å². The highest BCUT2D eigenvalue weighted by Crippen LogP contribution is 2.20. The Kier molecular flexibility index (Phi) is 4.30. The molecule has 0 spiro atoms. The lowest BCUT2D eigenvalue weighted by Crippen LogP contribution is -2.29. The first kappa shape index (κ1) is 13.3. The van der Waals surface area contributed by atoms with Crippen molar-refractivity contribution in [3.8, 4) is 0 Å². The van der Waals surface area contributed by atoms with Crippen molar-refractivity contribution >= 4 is 5.91 Å². The van der Waals surface area contributed by atoms with Gasteiger partial charge < -0.3 is 10.3 Å². The zero-order valence-electron chi connectivity index (χ0n) is 8.80. The third-order valence-corrected chi connectivity index (χ3v) is 1.99. The summed E-state index contributed by atoms with van der Waals surface area (Å²) < 4.78 is 35.4. The van der Waals surface area contributed by atoms with Crippen LogP contribution in [0, 0.1) is 0 Å². The van der Waals surface area contributed by atoms with E-state index >= 15 is 0 Å². The van der Waals surface area contributed by atoms with Crippen molar-refractivity contribution in [3.05, 3.63) is 34.2 Å². The molecule has 2 N–H and O–H groups in total. The summed E-state index contributed by atoms with van der Waals surface area (Å²) in [7, 11) is 0. The van der Waals surface area contributed by atoms with Crippen LogP contribution in [0.25, 0.3) is 0 Å². The molecule has 1 aromatic rings. The maximum absolute atomic E-state index is 11.8. The number of alkyl halides is 3. The summed E-state index contributed by atoms with van der Waals surface area (Å²) in [5.74, 6) is -0.672. The lowest BCUT2D eigenvalue weighted by atomic mass is 10.2. The largest absolute Gasteiger partial charge is 0.389 e. The molecule has 0 bridgehead atoms. The molecule has 0 saturated heterocycles. The lowest BCUT2D eigenvalue weighted by molar-refractivity contribution is -0.135. The van der Waals surface area contributed by atoms with Crippen molar-refractivity contribution in [2.75, 3.05) is 6.54 Å². The Balaban J connectivity index is 2.41. The number of nitrogens with one attached hydrogen (secondary N) is 2. The van der Waals surface area contributed by atoms with E-state index < -0.39 is 23.9 Å². The second-order valence-electron chi connectivity index (χ2n) is 3.40. The highest BCUT2D eigenvalue weighted by atomic mass is 19.4. The molecule has 4 nitrogen and oxygen atoms in total. The summed E-state index contributed by atoms with van der Waals surface area (Å²) in [6, 6.07) is 1.17. The molecule has 0 radical (unpaired) electrons. The van der Waals surface area contributed by atoms with Gasteiger partial charge >= 0.3 is 6.18 Å². The van der Waals surface area contributed by atoms with E-state index in [0.717, 1.165) is 0 Å². The number of halogens is 3. The molecule has 0 fully saturated rings. The smallest absolute Gasteiger partial charge is 0.367 e. The van der Waals surface area contributed by atoms with Crippen molar-refractivity contribution in [1.29, 1.82) is 0 Å². The van der Waals surface area contributed by atoms with Gasteiger partial charge in [-0.1, -0.05) is 0 Å². The van der Waals surface area contributed by atoms with Crippen LogP contribution in [-0.4, -0.2) is 23.6 Å². The minimum Gasteiger partial charge on any atom is -0.367 e. The summed E-state index contributed by atoms with van der Waals surface area (Å²) in [5.41, 5.74) is -0.586. The third kappa shape index (κ3) is 4.71. The maximum atomic E-state index is 11.8. The predicted molar refractivity (Wildman–Crippen MR) is 54.7 cm³/mol. The fourth-order valence-electron chi connectivity index (χ4n) is 1.18. The number of carbonyl (C=O) groups is 1. The molecule has 1 amide bonds. The molecule has 1 heterocycles. The number of hydrogen-bond acceptors (Lipinski definition) is 2. The van der Waals surface area contributed by atoms with Crippen LogP contribution >= 0.6 is 0 Å². The third-order valence-electron chi connectivity index (χ3n) is 1.99. The molecule has 0 aromatic carbocycles. The standard InChI is InChI=1S/C10H11F3N2O2/c11-10(12,13)3-1-4-15-9(17)7-6-14-5-2-8(7)16/h2,5-6H,1,3-4H2,(H,14,16)(H,15,17). The quantitative estimate of drug-likeness (QED) is 0.792. The first-order valence-electron chi connectivity index (χ1n) is 4.92. The molecule has 94 valence electrons. The number of H-pyrrole nitrogens is 1. The molecule has 17 heavy (non-hydrogen) atoms. The Hall–Kier alpha value is -1.79. The number of amides is 1. The molecule has 1 aromatic heterocycles. The van der Waals surface area contributed by atoms with E-state index in [1.165, 1.54) is 18.5 Å². The zero-order valence-corrected chi connectivity index (χ0v) is 8.80. The Morgan fingerprint density at radius 3 is 2.71 bits per heavy atom. The molecule has 0 atom stereocenters. The normalized spacial score (nSPS) is 11.2. The van der Waals surface area contributed by atoms with Gasteiger partial charge in [0.1, 0.15) is 5.56 Å². The highest BCUT2D eigenvalue weighted by Gasteiger charge is 2.26. The number of rotatable bonds is 4. The Labute approximate surface area is 94.8 Å². The second-order valence-corrected chi connectivity index (χ2v) is 3.40. The second kappa shape index (κ2) is 5.51. The number of pyridine rings is 1. The topological polar surface area (TPSA) is 62.0 Å². The fourth-order valence-corrected chi connectivity index (χ4v) is 1.18. The van der Waals surface area contributed by atoms with Gasteiger partial charge in [-0.3, -0.25) is 9.59 Å². The van der Waals surface area contributed by atoms with Crippen molar-refractivity contribution in [1.82, 2.24) is 10.3 Å². The average molecular weight is 248 g/mol. The fraction of sp³-hybridized carbons (Fsp3) is 0.400. The molecule has 1 rings (SSSR count). The van der Waals surface area contributed by atoms with Crippen LogP contribution in [0.1, 0.15) is 23.2 Å². The van der Waals surface area contributed by atoms with Crippen molar-refractivity contribution in [3.63, 3.8) is 0 Å². The summed E-state index contributed by atoms with van der Waals surface area (Å²) in [6.45, 7) is -0.118. The molecular weight excluding hydrogens is 237 g/mol. The van der Waals surface area contributed by atoms with Gasteiger partial charge in [0.15, 0.2) is 5.43 Å². The van der Waals surface area contributed by atoms with Gasteiger partial charge in [-0.2, -0.15) is 13.2 Å². The SMILES string of the molecule is O=C(NCCCC(F)(F)F)c1c[nH]ccc1=O. The van der Waals surface area contributed by atoms with Gasteiger partial charge in [-0.25, -0.2) is 0 Å². The summed E-state index contributed by atoms with van der Waals surface area (Å²) in [6.07, 6.45) is -2.82. The van der Waals surface area contributed by atoms with E-state index in [1.807, 2.05) is 0 Å². The van der Waals surface area contributed by atoms with Gasteiger partial charge in [0.2, 0.25) is 0 Å². The monoisotopic (exact) mass is 248 g/mol. The van der Waals surface area contributed by atoms with Gasteiger partial charge in [-0.05, 0) is 6.42 Å². The molecule has 0 aliphatic heterocycles. The number of hydrogen-bond donors (Lipinski definition) is 2. The van der Waals surface area contributed by atoms with Crippen molar-refractivity contribution in [2.45, 2.75) is 19.0 Å². The van der Waals surface area contributed by atoms with Crippen LogP contribution in [0.5, 0.6) is 0 Å². The zero-order chi connectivity index (χ0) is 12.9. The number of aromatic amines is 1. The molecule has 0 saturated carbocycles. The van der Waals surface area contributed by atoms with Crippen LogP contribution in [0.3, 0.4) is 0 Å². The van der Waals surface area contributed by atoms with Crippen LogP contribution < -0.4 is 10.7 Å². The highest BCUT2D eigenvalue weighted by molar-refractivity contribution is 5.93. The number of carbonyl (C=O) groups excluding carboxylic acids is 1. The Bertz CT molecular complexity index is 440. The minimum atomic E-state index is -4.23. The van der Waals surface area contributed by atoms with Crippen LogP contribution in [0.4, 0.5) is 13.2 Å². The van der Waals surface area contributed by atoms with E-state index in [1.54, 1.807) is 0 Å². The first-order chi connectivity index (χ1) is 7.90. The average Bonchev–Trinajstić information content (AvgIpc) is 2.23. The van der Waals surface area contributed by atoms with Crippen LogP contribution in [0.15, 0.2) is 23.3 Å². The van der Waals surface area contributed by atoms with Crippen molar-refractivity contribution < 1.29 is 18.0 Å². The molecule has 0 aliphatic rings. The summed E-state index contributed by atoms with van der Waals surface area (Å²) in [5, 5.41) is 2.25. The van der Waals surface area contributed by atoms with E-state index in [0.29, 0.717) is 0 Å². The lowest BCUT2D eigenvalue weighted by Gasteiger charge is -2.07. The van der Waals surface area contributed by atoms with Gasteiger partial charge in [0.05, 0.1) is 0 Å².